The number of hydrogen-bond donors (Lipinski definition) is 1. The molecule has 0 atom stereocenters. The fourth-order valence-electron chi connectivity index (χ4n) is 0.969. The molecule has 0 aliphatic heterocycles. The lowest BCUT2D eigenvalue weighted by atomic mass is 10.3. The summed E-state index contributed by atoms with van der Waals surface area (Å²) < 4.78 is 29.3. The van der Waals surface area contributed by atoms with Crippen LogP contribution in [0.15, 0.2) is 22.1 Å². The van der Waals surface area contributed by atoms with E-state index in [0.717, 1.165) is 18.1 Å². The van der Waals surface area contributed by atoms with Crippen molar-refractivity contribution in [3.05, 3.63) is 34.3 Å². The summed E-state index contributed by atoms with van der Waals surface area (Å²) in [5, 5.41) is 1.88. The highest BCUT2D eigenvalue weighted by atomic mass is 32.2. The average Bonchev–Trinajstić information content (AvgIpc) is 2.78. The minimum Gasteiger partial charge on any atom is -0.308 e. The van der Waals surface area contributed by atoms with E-state index in [9.17, 15) is 8.78 Å². The van der Waals surface area contributed by atoms with Crippen molar-refractivity contribution >= 4 is 29.1 Å². The molecule has 2 aromatic heterocycles. The van der Waals surface area contributed by atoms with Gasteiger partial charge in [-0.3, -0.25) is 0 Å². The van der Waals surface area contributed by atoms with Crippen molar-refractivity contribution in [2.24, 2.45) is 0 Å². The Morgan fingerprint density at radius 2 is 2.19 bits per heavy atom. The highest BCUT2D eigenvalue weighted by molar-refractivity contribution is 8.00. The van der Waals surface area contributed by atoms with Gasteiger partial charge < -0.3 is 4.72 Å². The number of pyridine rings is 1. The van der Waals surface area contributed by atoms with E-state index < -0.39 is 11.6 Å². The first kappa shape index (κ1) is 11.3. The number of nitrogens with one attached hydrogen (secondary N) is 1. The van der Waals surface area contributed by atoms with Gasteiger partial charge in [0.15, 0.2) is 10.8 Å². The van der Waals surface area contributed by atoms with Crippen LogP contribution in [0.5, 0.6) is 0 Å². The van der Waals surface area contributed by atoms with Crippen LogP contribution in [0.2, 0.25) is 0 Å². The van der Waals surface area contributed by atoms with E-state index in [1.54, 1.807) is 10.9 Å². The highest BCUT2D eigenvalue weighted by Gasteiger charge is 2.12. The lowest BCUT2D eigenvalue weighted by molar-refractivity contribution is 0.534. The molecule has 3 nitrogen and oxygen atoms in total. The van der Waals surface area contributed by atoms with Gasteiger partial charge in [-0.05, 0) is 6.92 Å². The van der Waals surface area contributed by atoms with Gasteiger partial charge in [0.2, 0.25) is 0 Å². The molecule has 84 valence electrons. The largest absolute Gasteiger partial charge is 0.308 e. The van der Waals surface area contributed by atoms with Crippen molar-refractivity contribution in [2.75, 3.05) is 4.72 Å². The summed E-state index contributed by atoms with van der Waals surface area (Å²) in [6.07, 6.45) is 1.00. The quantitative estimate of drug-likeness (QED) is 0.859. The predicted octanol–water partition coefficient (Wildman–Crippen LogP) is 3.24. The van der Waals surface area contributed by atoms with E-state index in [1.807, 2.05) is 0 Å². The van der Waals surface area contributed by atoms with E-state index in [1.165, 1.54) is 18.3 Å². The van der Waals surface area contributed by atoms with Crippen molar-refractivity contribution in [3.63, 3.8) is 0 Å². The normalized spacial score (nSPS) is 10.4. The van der Waals surface area contributed by atoms with E-state index in [4.69, 9.17) is 0 Å². The van der Waals surface area contributed by atoms with Crippen LogP contribution in [0.25, 0.3) is 0 Å². The average molecular weight is 259 g/mol. The fraction of sp³-hybridized carbons (Fsp3) is 0.111. The molecule has 0 saturated carbocycles. The molecule has 0 spiro atoms. The molecular weight excluding hydrogens is 252 g/mol. The first-order valence-electron chi connectivity index (χ1n) is 4.30. The molecular formula is C9H7F2N3S2. The zero-order valence-electron chi connectivity index (χ0n) is 8.20. The van der Waals surface area contributed by atoms with Crippen LogP contribution in [-0.4, -0.2) is 9.97 Å². The molecule has 0 unspecified atom stereocenters. The van der Waals surface area contributed by atoms with Crippen molar-refractivity contribution < 1.29 is 8.78 Å². The standard InChI is InChI=1S/C9H7F2N3S2/c1-5-6(10)2-12-9(8(5)11)16-14-7-3-15-4-13-7/h2-4,14H,1H3. The van der Waals surface area contributed by atoms with Gasteiger partial charge in [0.1, 0.15) is 11.6 Å². The Labute approximate surface area is 99.1 Å². The van der Waals surface area contributed by atoms with Gasteiger partial charge in [-0.1, -0.05) is 0 Å². The molecule has 0 saturated heterocycles. The van der Waals surface area contributed by atoms with Crippen molar-refractivity contribution in [1.29, 1.82) is 0 Å². The van der Waals surface area contributed by atoms with Gasteiger partial charge >= 0.3 is 0 Å². The minimum absolute atomic E-state index is 0.0300. The fourth-order valence-corrected chi connectivity index (χ4v) is 2.19. The van der Waals surface area contributed by atoms with Gasteiger partial charge in [-0.2, -0.15) is 0 Å². The zero-order valence-corrected chi connectivity index (χ0v) is 9.83. The number of thiazole rings is 1. The Morgan fingerprint density at radius 1 is 1.38 bits per heavy atom. The number of halogens is 2. The number of anilines is 1. The third-order valence-electron chi connectivity index (χ3n) is 1.85. The van der Waals surface area contributed by atoms with E-state index in [0.29, 0.717) is 5.82 Å². The third-order valence-corrected chi connectivity index (χ3v) is 3.23. The van der Waals surface area contributed by atoms with Crippen LogP contribution in [-0.2, 0) is 0 Å². The highest BCUT2D eigenvalue weighted by Crippen LogP contribution is 2.24. The molecule has 7 heteroatoms. The molecule has 1 N–H and O–H groups in total. The molecule has 0 bridgehead atoms. The smallest absolute Gasteiger partial charge is 0.162 e. The number of hydrogen-bond acceptors (Lipinski definition) is 5. The van der Waals surface area contributed by atoms with E-state index >= 15 is 0 Å². The Balaban J connectivity index is 2.13. The molecule has 0 aliphatic carbocycles. The Hall–Kier alpha value is -1.21. The van der Waals surface area contributed by atoms with Crippen LogP contribution in [0.1, 0.15) is 5.56 Å². The number of nitrogens with zero attached hydrogens (tertiary/aromatic N) is 2. The predicted molar refractivity (Wildman–Crippen MR) is 60.5 cm³/mol. The number of rotatable bonds is 3. The van der Waals surface area contributed by atoms with Gasteiger partial charge in [0.25, 0.3) is 0 Å². The molecule has 0 fully saturated rings. The maximum Gasteiger partial charge on any atom is 0.162 e. The summed E-state index contributed by atoms with van der Waals surface area (Å²) >= 11 is 2.39. The summed E-state index contributed by atoms with van der Waals surface area (Å²) in [4.78, 5) is 7.63. The first-order valence-corrected chi connectivity index (χ1v) is 6.06. The maximum atomic E-state index is 13.5. The molecule has 2 aromatic rings. The second-order valence-corrected chi connectivity index (χ2v) is 4.44. The SMILES string of the molecule is Cc1c(F)cnc(SNc2cscn2)c1F. The molecule has 2 rings (SSSR count). The molecule has 0 amide bonds. The summed E-state index contributed by atoms with van der Waals surface area (Å²) in [7, 11) is 0. The van der Waals surface area contributed by atoms with Crippen molar-refractivity contribution in [1.82, 2.24) is 9.97 Å². The van der Waals surface area contributed by atoms with E-state index in [2.05, 4.69) is 14.7 Å². The Bertz CT molecular complexity index is 488. The number of aromatic nitrogens is 2. The Kier molecular flexibility index (Phi) is 3.35. The Morgan fingerprint density at radius 3 is 2.88 bits per heavy atom. The van der Waals surface area contributed by atoms with Crippen LogP contribution in [0.3, 0.4) is 0 Å². The van der Waals surface area contributed by atoms with Crippen LogP contribution < -0.4 is 4.72 Å². The second kappa shape index (κ2) is 4.75. The maximum absolute atomic E-state index is 13.5. The molecule has 16 heavy (non-hydrogen) atoms. The molecule has 2 heterocycles. The summed E-state index contributed by atoms with van der Waals surface area (Å²) in [5.41, 5.74) is 1.63. The van der Waals surface area contributed by atoms with Gasteiger partial charge in [-0.15, -0.1) is 11.3 Å². The van der Waals surface area contributed by atoms with Crippen molar-refractivity contribution in [2.45, 2.75) is 11.9 Å². The lowest BCUT2D eigenvalue weighted by Crippen LogP contribution is -1.97. The topological polar surface area (TPSA) is 37.8 Å². The second-order valence-electron chi connectivity index (χ2n) is 2.93. The monoisotopic (exact) mass is 259 g/mol. The minimum atomic E-state index is -0.646. The summed E-state index contributed by atoms with van der Waals surface area (Å²) in [6, 6.07) is 0. The summed E-state index contributed by atoms with van der Waals surface area (Å²) in [6.45, 7) is 1.37. The lowest BCUT2D eigenvalue weighted by Gasteiger charge is -2.04. The van der Waals surface area contributed by atoms with Gasteiger partial charge in [-0.25, -0.2) is 18.7 Å². The summed E-state index contributed by atoms with van der Waals surface area (Å²) in [5.74, 6) is -0.665. The third kappa shape index (κ3) is 2.30. The molecule has 0 aliphatic rings. The van der Waals surface area contributed by atoms with Crippen LogP contribution in [0.4, 0.5) is 14.6 Å². The van der Waals surface area contributed by atoms with Crippen molar-refractivity contribution in [3.8, 4) is 0 Å². The van der Waals surface area contributed by atoms with E-state index in [-0.39, 0.29) is 10.6 Å². The van der Waals surface area contributed by atoms with Gasteiger partial charge in [0, 0.05) is 22.9 Å². The zero-order chi connectivity index (χ0) is 11.5. The van der Waals surface area contributed by atoms with Gasteiger partial charge in [0.05, 0.1) is 11.7 Å². The van der Waals surface area contributed by atoms with Crippen LogP contribution >= 0.6 is 23.3 Å². The molecule has 0 aromatic carbocycles. The molecule has 0 radical (unpaired) electrons. The van der Waals surface area contributed by atoms with Crippen LogP contribution in [0, 0.1) is 18.6 Å². The first-order chi connectivity index (χ1) is 7.68.